The lowest BCUT2D eigenvalue weighted by Gasteiger charge is -2.40. The molecule has 0 radical (unpaired) electrons. The number of ether oxygens (including phenoxy) is 2. The highest BCUT2D eigenvalue weighted by Gasteiger charge is 2.44. The maximum absolute atomic E-state index is 14.1. The van der Waals surface area contributed by atoms with Crippen LogP contribution in [-0.4, -0.2) is 58.6 Å². The van der Waals surface area contributed by atoms with Crippen molar-refractivity contribution in [1.82, 2.24) is 19.3 Å². The fourth-order valence-electron chi connectivity index (χ4n) is 5.45. The zero-order valence-corrected chi connectivity index (χ0v) is 19.3. The average molecular weight is 449 g/mol. The third-order valence-corrected chi connectivity index (χ3v) is 7.21. The molecule has 0 bridgehead atoms. The van der Waals surface area contributed by atoms with Crippen LogP contribution in [0.2, 0.25) is 0 Å². The number of aromatic nitrogens is 3. The quantitative estimate of drug-likeness (QED) is 0.596. The van der Waals surface area contributed by atoms with E-state index in [4.69, 9.17) is 9.47 Å². The fourth-order valence-corrected chi connectivity index (χ4v) is 5.45. The molecular weight excluding hydrogens is 416 g/mol. The van der Waals surface area contributed by atoms with E-state index in [1.54, 1.807) is 19.5 Å². The van der Waals surface area contributed by atoms with Gasteiger partial charge in [-0.05, 0) is 37.0 Å². The highest BCUT2D eigenvalue weighted by Crippen LogP contribution is 2.42. The van der Waals surface area contributed by atoms with E-state index in [9.17, 15) is 4.79 Å². The van der Waals surface area contributed by atoms with Crippen molar-refractivity contribution < 1.29 is 14.3 Å². The molecule has 5 rings (SSSR count). The van der Waals surface area contributed by atoms with Gasteiger partial charge in [0.1, 0.15) is 5.75 Å². The van der Waals surface area contributed by atoms with Crippen LogP contribution >= 0.6 is 0 Å². The Bertz CT molecular complexity index is 1090. The summed E-state index contributed by atoms with van der Waals surface area (Å²) in [6, 6.07) is 8.12. The van der Waals surface area contributed by atoms with Crippen LogP contribution < -0.4 is 4.74 Å². The lowest BCUT2D eigenvalue weighted by Crippen LogP contribution is -2.50. The van der Waals surface area contributed by atoms with Gasteiger partial charge in [0.25, 0.3) is 0 Å². The van der Waals surface area contributed by atoms with E-state index in [2.05, 4.69) is 27.0 Å². The zero-order valence-electron chi connectivity index (χ0n) is 19.3. The Morgan fingerprint density at radius 1 is 1.18 bits per heavy atom. The predicted molar refractivity (Wildman–Crippen MR) is 125 cm³/mol. The number of nitrogens with zero attached hydrogens (tertiary/aromatic N) is 4. The number of amides is 1. The van der Waals surface area contributed by atoms with Crippen LogP contribution in [0.5, 0.6) is 5.75 Å². The van der Waals surface area contributed by atoms with Gasteiger partial charge in [0.15, 0.2) is 5.65 Å². The molecule has 1 aliphatic carbocycles. The fraction of sp³-hybridized carbons (Fsp3) is 0.500. The van der Waals surface area contributed by atoms with Crippen LogP contribution in [0.25, 0.3) is 5.65 Å². The molecule has 174 valence electrons. The van der Waals surface area contributed by atoms with Crippen molar-refractivity contribution in [2.45, 2.75) is 43.9 Å². The molecule has 2 aromatic heterocycles. The molecule has 7 nitrogen and oxygen atoms in total. The van der Waals surface area contributed by atoms with E-state index in [-0.39, 0.29) is 11.8 Å². The lowest BCUT2D eigenvalue weighted by molar-refractivity contribution is -0.139. The van der Waals surface area contributed by atoms with Gasteiger partial charge in [0.05, 0.1) is 37.6 Å². The van der Waals surface area contributed by atoms with E-state index < -0.39 is 5.41 Å². The molecule has 2 fully saturated rings. The molecule has 1 saturated carbocycles. The van der Waals surface area contributed by atoms with Gasteiger partial charge in [-0.25, -0.2) is 4.98 Å². The van der Waals surface area contributed by atoms with Gasteiger partial charge in [-0.15, -0.1) is 0 Å². The number of fused-ring (bicyclic) bond motifs is 1. The topological polar surface area (TPSA) is 69.0 Å². The Kier molecular flexibility index (Phi) is 6.31. The van der Waals surface area contributed by atoms with Crippen molar-refractivity contribution in [3.8, 4) is 5.75 Å². The lowest BCUT2D eigenvalue weighted by atomic mass is 9.68. The third kappa shape index (κ3) is 4.47. The molecule has 1 atom stereocenters. The number of rotatable bonds is 5. The van der Waals surface area contributed by atoms with Gasteiger partial charge in [-0.3, -0.25) is 9.78 Å². The minimum atomic E-state index is -0.451. The normalized spacial score (nSPS) is 21.0. The average Bonchev–Trinajstić information content (AvgIpc) is 3.21. The molecular formula is C26H32N4O3. The second-order valence-corrected chi connectivity index (χ2v) is 9.34. The SMILES string of the molecule is COc1ccc(C2(C(=O)N3CCOCC(Cc4cn5ccnc5cn4)C3)CCCCC2)cc1. The van der Waals surface area contributed by atoms with E-state index in [0.717, 1.165) is 54.8 Å². The predicted octanol–water partition coefficient (Wildman–Crippen LogP) is 3.66. The van der Waals surface area contributed by atoms with Crippen molar-refractivity contribution in [3.05, 3.63) is 60.3 Å². The number of carbonyl (C=O) groups is 1. The summed E-state index contributed by atoms with van der Waals surface area (Å²) in [6.07, 6.45) is 13.5. The minimum absolute atomic E-state index is 0.210. The van der Waals surface area contributed by atoms with Gasteiger partial charge in [0, 0.05) is 37.6 Å². The summed E-state index contributed by atoms with van der Waals surface area (Å²) in [5, 5.41) is 0. The molecule has 3 heterocycles. The molecule has 7 heteroatoms. The van der Waals surface area contributed by atoms with Crippen LogP contribution in [0.1, 0.15) is 43.4 Å². The van der Waals surface area contributed by atoms with Crippen molar-refractivity contribution >= 4 is 11.6 Å². The van der Waals surface area contributed by atoms with Crippen LogP contribution in [0.4, 0.5) is 0 Å². The van der Waals surface area contributed by atoms with Crippen molar-refractivity contribution in [3.63, 3.8) is 0 Å². The van der Waals surface area contributed by atoms with Gasteiger partial charge in [-0.1, -0.05) is 31.4 Å². The summed E-state index contributed by atoms with van der Waals surface area (Å²) < 4.78 is 13.3. The van der Waals surface area contributed by atoms with E-state index in [1.807, 2.05) is 28.9 Å². The van der Waals surface area contributed by atoms with Crippen LogP contribution in [0, 0.1) is 5.92 Å². The molecule has 0 spiro atoms. The number of carbonyl (C=O) groups excluding carboxylic acids is 1. The van der Waals surface area contributed by atoms with Crippen LogP contribution in [0.15, 0.2) is 49.1 Å². The van der Waals surface area contributed by atoms with Crippen molar-refractivity contribution in [2.24, 2.45) is 5.92 Å². The van der Waals surface area contributed by atoms with Crippen LogP contribution in [0.3, 0.4) is 0 Å². The van der Waals surface area contributed by atoms with E-state index in [1.165, 1.54) is 6.42 Å². The van der Waals surface area contributed by atoms with Gasteiger partial charge >= 0.3 is 0 Å². The molecule has 33 heavy (non-hydrogen) atoms. The minimum Gasteiger partial charge on any atom is -0.497 e. The summed E-state index contributed by atoms with van der Waals surface area (Å²) in [5.74, 6) is 1.28. The first-order chi connectivity index (χ1) is 16.2. The van der Waals surface area contributed by atoms with Gasteiger partial charge in [0.2, 0.25) is 5.91 Å². The highest BCUT2D eigenvalue weighted by atomic mass is 16.5. The summed E-state index contributed by atoms with van der Waals surface area (Å²) in [7, 11) is 1.67. The van der Waals surface area contributed by atoms with Gasteiger partial charge in [-0.2, -0.15) is 0 Å². The maximum atomic E-state index is 14.1. The molecule has 0 N–H and O–H groups in total. The standard InChI is InChI=1S/C26H32N4O3/c1-32-23-7-5-21(6-8-23)26(9-3-2-4-10-26)25(31)30-13-14-33-19-20(17-30)15-22-18-29-12-11-27-24(29)16-28-22/h5-8,11-12,16,18,20H,2-4,9-10,13-15,17,19H2,1H3. The molecule has 1 unspecified atom stereocenters. The monoisotopic (exact) mass is 448 g/mol. The van der Waals surface area contributed by atoms with Gasteiger partial charge < -0.3 is 18.8 Å². The highest BCUT2D eigenvalue weighted by molar-refractivity contribution is 5.88. The Labute approximate surface area is 194 Å². The molecule has 1 aromatic carbocycles. The van der Waals surface area contributed by atoms with E-state index >= 15 is 0 Å². The maximum Gasteiger partial charge on any atom is 0.233 e. The number of hydrogen-bond donors (Lipinski definition) is 0. The molecule has 3 aromatic rings. The smallest absolute Gasteiger partial charge is 0.233 e. The first-order valence-corrected chi connectivity index (χ1v) is 12.0. The molecule has 1 saturated heterocycles. The number of imidazole rings is 1. The van der Waals surface area contributed by atoms with Crippen molar-refractivity contribution in [2.75, 3.05) is 33.4 Å². The Balaban J connectivity index is 1.37. The van der Waals surface area contributed by atoms with Crippen LogP contribution in [-0.2, 0) is 21.4 Å². The second-order valence-electron chi connectivity index (χ2n) is 9.34. The summed E-state index contributed by atoms with van der Waals surface area (Å²) in [5.41, 5.74) is 2.49. The molecule has 1 amide bonds. The second kappa shape index (κ2) is 9.51. The Hall–Kier alpha value is -2.93. The zero-order chi connectivity index (χ0) is 22.7. The third-order valence-electron chi connectivity index (χ3n) is 7.21. The number of hydrogen-bond acceptors (Lipinski definition) is 5. The number of methoxy groups -OCH3 is 1. The molecule has 1 aliphatic heterocycles. The Morgan fingerprint density at radius 2 is 2.00 bits per heavy atom. The summed E-state index contributed by atoms with van der Waals surface area (Å²) >= 11 is 0. The Morgan fingerprint density at radius 3 is 2.79 bits per heavy atom. The summed E-state index contributed by atoms with van der Waals surface area (Å²) in [6.45, 7) is 2.56. The summed E-state index contributed by atoms with van der Waals surface area (Å²) in [4.78, 5) is 25.0. The largest absolute Gasteiger partial charge is 0.497 e. The van der Waals surface area contributed by atoms with E-state index in [0.29, 0.717) is 26.3 Å². The first-order valence-electron chi connectivity index (χ1n) is 12.0. The molecule has 2 aliphatic rings. The number of benzene rings is 1. The first kappa shape index (κ1) is 21.9. The van der Waals surface area contributed by atoms with Crippen molar-refractivity contribution in [1.29, 1.82) is 0 Å².